The molecule has 0 spiro atoms. The van der Waals surface area contributed by atoms with Crippen LogP contribution >= 0.6 is 23.1 Å². The molecule has 0 N–H and O–H groups in total. The highest BCUT2D eigenvalue weighted by Gasteiger charge is 2.33. The molecule has 3 nitrogen and oxygen atoms in total. The van der Waals surface area contributed by atoms with Gasteiger partial charge in [-0.05, 0) is 19.4 Å². The van der Waals surface area contributed by atoms with Crippen molar-refractivity contribution in [1.29, 1.82) is 0 Å². The van der Waals surface area contributed by atoms with Gasteiger partial charge in [-0.1, -0.05) is 60.2 Å². The summed E-state index contributed by atoms with van der Waals surface area (Å²) in [6, 6.07) is 18.5. The van der Waals surface area contributed by atoms with Crippen LogP contribution < -0.4 is 0 Å². The lowest BCUT2D eigenvalue weighted by molar-refractivity contribution is 0.0764. The van der Waals surface area contributed by atoms with Crippen molar-refractivity contribution in [2.75, 3.05) is 12.3 Å². The average Bonchev–Trinajstić information content (AvgIpc) is 3.29. The molecule has 1 fully saturated rings. The third-order valence-electron chi connectivity index (χ3n) is 4.53. The summed E-state index contributed by atoms with van der Waals surface area (Å²) in [4.78, 5) is 20.6. The van der Waals surface area contributed by atoms with Crippen molar-refractivity contribution in [2.45, 2.75) is 19.2 Å². The van der Waals surface area contributed by atoms with Crippen molar-refractivity contribution in [3.8, 4) is 10.6 Å². The second-order valence-corrected chi connectivity index (χ2v) is 8.62. The average molecular weight is 381 g/mol. The second-order valence-electron chi connectivity index (χ2n) is 6.43. The number of nitrogens with zero attached hydrogens (tertiary/aromatic N) is 2. The van der Waals surface area contributed by atoms with Crippen LogP contribution in [0.25, 0.3) is 10.6 Å². The number of carbonyl (C=O) groups excluding carboxylic acids is 1. The molecule has 1 atom stereocenters. The summed E-state index contributed by atoms with van der Waals surface area (Å²) in [5.41, 5.74) is 4.31. The van der Waals surface area contributed by atoms with Crippen LogP contribution in [0.1, 0.15) is 31.9 Å². The zero-order valence-corrected chi connectivity index (χ0v) is 16.4. The molecule has 4 rings (SSSR count). The Hall–Kier alpha value is -2.11. The van der Waals surface area contributed by atoms with Gasteiger partial charge in [0.1, 0.15) is 15.3 Å². The molecule has 1 aliphatic rings. The van der Waals surface area contributed by atoms with Gasteiger partial charge in [0.2, 0.25) is 0 Å². The van der Waals surface area contributed by atoms with Crippen molar-refractivity contribution in [1.82, 2.24) is 9.88 Å². The van der Waals surface area contributed by atoms with Crippen LogP contribution in [0.4, 0.5) is 0 Å². The maximum atomic E-state index is 13.2. The summed E-state index contributed by atoms with van der Waals surface area (Å²) in [5, 5.41) is 0.995. The lowest BCUT2D eigenvalue weighted by Crippen LogP contribution is -2.30. The van der Waals surface area contributed by atoms with Crippen molar-refractivity contribution < 1.29 is 4.79 Å². The Kier molecular flexibility index (Phi) is 4.83. The molecule has 1 aromatic heterocycles. The van der Waals surface area contributed by atoms with E-state index in [1.165, 1.54) is 22.5 Å². The summed E-state index contributed by atoms with van der Waals surface area (Å²) >= 11 is 3.33. The number of carbonyl (C=O) groups is 1. The molecule has 3 aromatic rings. The van der Waals surface area contributed by atoms with E-state index in [2.05, 4.69) is 36.2 Å². The molecular formula is C21H20N2OS2. The van der Waals surface area contributed by atoms with Crippen molar-refractivity contribution in [3.63, 3.8) is 0 Å². The van der Waals surface area contributed by atoms with E-state index in [1.807, 2.05) is 53.9 Å². The number of thioether (sulfide) groups is 1. The molecular weight excluding hydrogens is 360 g/mol. The van der Waals surface area contributed by atoms with E-state index < -0.39 is 0 Å². The summed E-state index contributed by atoms with van der Waals surface area (Å²) in [6.07, 6.45) is 0. The van der Waals surface area contributed by atoms with Gasteiger partial charge in [-0.25, -0.2) is 4.98 Å². The van der Waals surface area contributed by atoms with E-state index in [1.54, 1.807) is 0 Å². The molecule has 0 bridgehead atoms. The highest BCUT2D eigenvalue weighted by atomic mass is 32.2. The van der Waals surface area contributed by atoms with Gasteiger partial charge in [0.25, 0.3) is 5.91 Å². The minimum absolute atomic E-state index is 0.0878. The lowest BCUT2D eigenvalue weighted by Gasteiger charge is -2.24. The van der Waals surface area contributed by atoms with Crippen LogP contribution in [0.5, 0.6) is 0 Å². The van der Waals surface area contributed by atoms with Crippen LogP contribution in [-0.2, 0) is 0 Å². The van der Waals surface area contributed by atoms with Gasteiger partial charge in [0, 0.05) is 17.9 Å². The fraction of sp³-hybridized carbons (Fsp3) is 0.238. The first kappa shape index (κ1) is 17.3. The zero-order chi connectivity index (χ0) is 18.1. The molecule has 0 saturated carbocycles. The first-order chi connectivity index (χ1) is 12.6. The molecule has 26 heavy (non-hydrogen) atoms. The Bertz CT molecular complexity index is 919. The standard InChI is InChI=1S/C21H20N2OS2/c1-14-8-10-17(11-9-14)21-23(12-13-25-21)20(24)18-15(2)22-19(26-18)16-6-4-3-5-7-16/h3-11,21H,12-13H2,1-2H3. The normalized spacial score (nSPS) is 16.8. The Labute approximate surface area is 162 Å². The van der Waals surface area contributed by atoms with Gasteiger partial charge < -0.3 is 4.90 Å². The number of rotatable bonds is 3. The van der Waals surface area contributed by atoms with Gasteiger partial charge in [-0.15, -0.1) is 23.1 Å². The van der Waals surface area contributed by atoms with E-state index in [4.69, 9.17) is 0 Å². The first-order valence-corrected chi connectivity index (χ1v) is 10.5. The summed E-state index contributed by atoms with van der Waals surface area (Å²) in [7, 11) is 0. The number of hydrogen-bond donors (Lipinski definition) is 0. The summed E-state index contributed by atoms with van der Waals surface area (Å²) < 4.78 is 0. The van der Waals surface area contributed by atoms with Crippen LogP contribution in [0, 0.1) is 13.8 Å². The van der Waals surface area contributed by atoms with E-state index in [-0.39, 0.29) is 11.3 Å². The molecule has 0 aliphatic carbocycles. The van der Waals surface area contributed by atoms with Gasteiger partial charge in [0.15, 0.2) is 0 Å². The summed E-state index contributed by atoms with van der Waals surface area (Å²) in [5.74, 6) is 1.06. The van der Waals surface area contributed by atoms with E-state index >= 15 is 0 Å². The fourth-order valence-corrected chi connectivity index (χ4v) is 5.40. The topological polar surface area (TPSA) is 33.2 Å². The highest BCUT2D eigenvalue weighted by molar-refractivity contribution is 7.99. The first-order valence-electron chi connectivity index (χ1n) is 8.65. The van der Waals surface area contributed by atoms with E-state index in [0.29, 0.717) is 0 Å². The molecule has 2 heterocycles. The van der Waals surface area contributed by atoms with Crippen LogP contribution in [0.15, 0.2) is 54.6 Å². The Morgan fingerprint density at radius 1 is 1.08 bits per heavy atom. The minimum Gasteiger partial charge on any atom is -0.321 e. The van der Waals surface area contributed by atoms with Crippen molar-refractivity contribution in [2.24, 2.45) is 0 Å². The number of aromatic nitrogens is 1. The van der Waals surface area contributed by atoms with Crippen LogP contribution in [-0.4, -0.2) is 28.1 Å². The second kappa shape index (κ2) is 7.25. The van der Waals surface area contributed by atoms with Gasteiger partial charge in [-0.3, -0.25) is 4.79 Å². The van der Waals surface area contributed by atoms with Crippen molar-refractivity contribution in [3.05, 3.63) is 76.3 Å². The summed E-state index contributed by atoms with van der Waals surface area (Å²) in [6.45, 7) is 4.79. The zero-order valence-electron chi connectivity index (χ0n) is 14.8. The van der Waals surface area contributed by atoms with E-state index in [9.17, 15) is 4.79 Å². The number of aryl methyl sites for hydroxylation is 2. The van der Waals surface area contributed by atoms with E-state index in [0.717, 1.165) is 33.4 Å². The van der Waals surface area contributed by atoms with Gasteiger partial charge >= 0.3 is 0 Å². The molecule has 1 saturated heterocycles. The van der Waals surface area contributed by atoms with Gasteiger partial charge in [-0.2, -0.15) is 0 Å². The third-order valence-corrected chi connectivity index (χ3v) is 6.98. The molecule has 2 aromatic carbocycles. The lowest BCUT2D eigenvalue weighted by atomic mass is 10.1. The predicted octanol–water partition coefficient (Wildman–Crippen LogP) is 5.31. The van der Waals surface area contributed by atoms with Crippen molar-refractivity contribution >= 4 is 29.0 Å². The number of thiazole rings is 1. The van der Waals surface area contributed by atoms with Crippen LogP contribution in [0.3, 0.4) is 0 Å². The largest absolute Gasteiger partial charge is 0.321 e. The number of amides is 1. The highest BCUT2D eigenvalue weighted by Crippen LogP contribution is 2.40. The number of benzene rings is 2. The smallest absolute Gasteiger partial charge is 0.267 e. The Morgan fingerprint density at radius 2 is 1.81 bits per heavy atom. The number of hydrogen-bond acceptors (Lipinski definition) is 4. The quantitative estimate of drug-likeness (QED) is 0.617. The third kappa shape index (κ3) is 3.29. The predicted molar refractivity (Wildman–Crippen MR) is 110 cm³/mol. The molecule has 1 unspecified atom stereocenters. The van der Waals surface area contributed by atoms with Gasteiger partial charge in [0.05, 0.1) is 5.69 Å². The SMILES string of the molecule is Cc1ccc(C2SCCN2C(=O)c2sc(-c3ccccc3)nc2C)cc1. The maximum Gasteiger partial charge on any atom is 0.267 e. The monoisotopic (exact) mass is 380 g/mol. The Morgan fingerprint density at radius 3 is 2.54 bits per heavy atom. The maximum absolute atomic E-state index is 13.2. The molecule has 132 valence electrons. The minimum atomic E-state index is 0.0878. The molecule has 5 heteroatoms. The molecule has 0 radical (unpaired) electrons. The Balaban J connectivity index is 1.63. The molecule has 1 amide bonds. The van der Waals surface area contributed by atoms with Crippen LogP contribution in [0.2, 0.25) is 0 Å². The fourth-order valence-electron chi connectivity index (χ4n) is 3.11. The molecule has 1 aliphatic heterocycles.